The molecule has 2 aliphatic carbocycles. The van der Waals surface area contributed by atoms with Crippen molar-refractivity contribution in [3.63, 3.8) is 0 Å². The van der Waals surface area contributed by atoms with Gasteiger partial charge in [0.2, 0.25) is 0 Å². The summed E-state index contributed by atoms with van der Waals surface area (Å²) in [5.41, 5.74) is 0. The molecule has 0 radical (unpaired) electrons. The van der Waals surface area contributed by atoms with E-state index >= 15 is 0 Å². The van der Waals surface area contributed by atoms with Crippen molar-refractivity contribution in [1.82, 2.24) is 0 Å². The van der Waals surface area contributed by atoms with Gasteiger partial charge in [-0.05, 0) is 18.8 Å². The van der Waals surface area contributed by atoms with Gasteiger partial charge in [-0.15, -0.1) is 12.3 Å². The van der Waals surface area contributed by atoms with E-state index in [1.54, 1.807) is 0 Å². The van der Waals surface area contributed by atoms with Gasteiger partial charge in [0.1, 0.15) is 5.78 Å². The lowest BCUT2D eigenvalue weighted by Crippen LogP contribution is -2.48. The molecule has 2 heteroatoms. The number of carbonyl (C=O) groups excluding carboxylic acids is 1. The normalized spacial score (nSPS) is 45.8. The monoisotopic (exact) mass is 164 g/mol. The molecule has 0 amide bonds. The standard InChI is InChI=1S/C10H12O2/c1-2-6-8-5-10(12)7(8)3-4-9(6)11/h1,6-9,11H,3-5H2. The number of rotatable bonds is 0. The van der Waals surface area contributed by atoms with Crippen molar-refractivity contribution in [2.75, 3.05) is 0 Å². The number of aliphatic hydroxyl groups is 1. The summed E-state index contributed by atoms with van der Waals surface area (Å²) in [7, 11) is 0. The highest BCUT2D eigenvalue weighted by atomic mass is 16.3. The van der Waals surface area contributed by atoms with E-state index in [2.05, 4.69) is 5.92 Å². The number of carbonyl (C=O) groups is 1. The quantitative estimate of drug-likeness (QED) is 0.532. The van der Waals surface area contributed by atoms with Crippen molar-refractivity contribution in [2.45, 2.75) is 25.4 Å². The van der Waals surface area contributed by atoms with Gasteiger partial charge in [0.05, 0.1) is 6.10 Å². The molecule has 2 aliphatic rings. The third-order valence-electron chi connectivity index (χ3n) is 3.21. The molecular formula is C10H12O2. The van der Waals surface area contributed by atoms with Gasteiger partial charge in [0.25, 0.3) is 0 Å². The van der Waals surface area contributed by atoms with E-state index < -0.39 is 0 Å². The highest BCUT2D eigenvalue weighted by Gasteiger charge is 2.48. The van der Waals surface area contributed by atoms with Crippen molar-refractivity contribution >= 4 is 5.78 Å². The molecule has 1 N–H and O–H groups in total. The summed E-state index contributed by atoms with van der Waals surface area (Å²) in [4.78, 5) is 11.1. The van der Waals surface area contributed by atoms with Crippen LogP contribution in [0.3, 0.4) is 0 Å². The minimum Gasteiger partial charge on any atom is -0.392 e. The molecule has 0 bridgehead atoms. The fourth-order valence-electron chi connectivity index (χ4n) is 2.41. The van der Waals surface area contributed by atoms with Crippen LogP contribution in [0, 0.1) is 30.1 Å². The second-order valence-corrected chi connectivity index (χ2v) is 3.78. The topological polar surface area (TPSA) is 37.3 Å². The lowest BCUT2D eigenvalue weighted by atomic mass is 9.59. The summed E-state index contributed by atoms with van der Waals surface area (Å²) in [5.74, 6) is 3.33. The summed E-state index contributed by atoms with van der Waals surface area (Å²) >= 11 is 0. The Morgan fingerprint density at radius 3 is 2.83 bits per heavy atom. The van der Waals surface area contributed by atoms with E-state index in [4.69, 9.17) is 6.42 Å². The van der Waals surface area contributed by atoms with Crippen molar-refractivity contribution < 1.29 is 9.90 Å². The average Bonchev–Trinajstić information content (AvgIpc) is 2.03. The molecule has 4 atom stereocenters. The van der Waals surface area contributed by atoms with E-state index in [-0.39, 0.29) is 23.9 Å². The molecule has 0 saturated heterocycles. The van der Waals surface area contributed by atoms with Crippen LogP contribution in [0.25, 0.3) is 0 Å². The average molecular weight is 164 g/mol. The molecule has 2 saturated carbocycles. The Morgan fingerprint density at radius 1 is 1.50 bits per heavy atom. The molecule has 2 nitrogen and oxygen atoms in total. The van der Waals surface area contributed by atoms with E-state index in [1.807, 2.05) is 0 Å². The van der Waals surface area contributed by atoms with Crippen LogP contribution in [0.5, 0.6) is 0 Å². The first kappa shape index (κ1) is 7.82. The van der Waals surface area contributed by atoms with Gasteiger partial charge in [0, 0.05) is 18.3 Å². The van der Waals surface area contributed by atoms with E-state index in [1.165, 1.54) is 0 Å². The van der Waals surface area contributed by atoms with Gasteiger partial charge >= 0.3 is 0 Å². The summed E-state index contributed by atoms with van der Waals surface area (Å²) in [6.45, 7) is 0. The number of fused-ring (bicyclic) bond motifs is 1. The third-order valence-corrected chi connectivity index (χ3v) is 3.21. The number of Topliss-reactive ketones (excluding diaryl/α,β-unsaturated/α-hetero) is 1. The molecule has 2 fully saturated rings. The van der Waals surface area contributed by atoms with E-state index in [9.17, 15) is 9.90 Å². The van der Waals surface area contributed by atoms with Gasteiger partial charge in [-0.1, -0.05) is 0 Å². The van der Waals surface area contributed by atoms with E-state index in [0.717, 1.165) is 6.42 Å². The summed E-state index contributed by atoms with van der Waals surface area (Å²) in [6.07, 6.45) is 7.06. The first-order valence-corrected chi connectivity index (χ1v) is 4.41. The zero-order chi connectivity index (χ0) is 8.72. The molecule has 0 aromatic carbocycles. The van der Waals surface area contributed by atoms with Crippen LogP contribution >= 0.6 is 0 Å². The number of hydrogen-bond donors (Lipinski definition) is 1. The van der Waals surface area contributed by atoms with Crippen molar-refractivity contribution in [2.24, 2.45) is 17.8 Å². The van der Waals surface area contributed by atoms with E-state index in [0.29, 0.717) is 18.6 Å². The second-order valence-electron chi connectivity index (χ2n) is 3.78. The van der Waals surface area contributed by atoms with Crippen LogP contribution in [0.15, 0.2) is 0 Å². The Kier molecular flexibility index (Phi) is 1.69. The molecule has 0 heterocycles. The Balaban J connectivity index is 2.13. The molecular weight excluding hydrogens is 152 g/mol. The maximum atomic E-state index is 11.1. The maximum Gasteiger partial charge on any atom is 0.136 e. The van der Waals surface area contributed by atoms with Gasteiger partial charge in [-0.2, -0.15) is 0 Å². The largest absolute Gasteiger partial charge is 0.392 e. The molecule has 0 aliphatic heterocycles. The first-order chi connectivity index (χ1) is 5.74. The number of ketones is 1. The van der Waals surface area contributed by atoms with Crippen LogP contribution in [-0.4, -0.2) is 17.0 Å². The Hall–Kier alpha value is -0.810. The van der Waals surface area contributed by atoms with Crippen LogP contribution in [0.1, 0.15) is 19.3 Å². The van der Waals surface area contributed by atoms with Crippen molar-refractivity contribution in [3.8, 4) is 12.3 Å². The lowest BCUT2D eigenvalue weighted by Gasteiger charge is -2.44. The smallest absolute Gasteiger partial charge is 0.136 e. The molecule has 0 aromatic heterocycles. The molecule has 12 heavy (non-hydrogen) atoms. The fourth-order valence-corrected chi connectivity index (χ4v) is 2.41. The molecule has 0 aromatic rings. The summed E-state index contributed by atoms with van der Waals surface area (Å²) in [6, 6.07) is 0. The lowest BCUT2D eigenvalue weighted by molar-refractivity contribution is -0.141. The third kappa shape index (κ3) is 0.899. The Labute approximate surface area is 72.0 Å². The minimum absolute atomic E-state index is 0.0681. The predicted octanol–water partition coefficient (Wildman–Crippen LogP) is 0.596. The van der Waals surface area contributed by atoms with Gasteiger partial charge in [-0.3, -0.25) is 4.79 Å². The van der Waals surface area contributed by atoms with Gasteiger partial charge < -0.3 is 5.11 Å². The van der Waals surface area contributed by atoms with Crippen LogP contribution in [0.4, 0.5) is 0 Å². The van der Waals surface area contributed by atoms with Gasteiger partial charge in [0.15, 0.2) is 0 Å². The minimum atomic E-state index is -0.371. The number of aliphatic hydroxyl groups excluding tert-OH is 1. The Morgan fingerprint density at radius 2 is 2.25 bits per heavy atom. The highest BCUT2D eigenvalue weighted by Crippen LogP contribution is 2.45. The van der Waals surface area contributed by atoms with Crippen LogP contribution in [-0.2, 0) is 4.79 Å². The van der Waals surface area contributed by atoms with Crippen LogP contribution < -0.4 is 0 Å². The first-order valence-electron chi connectivity index (χ1n) is 4.41. The second kappa shape index (κ2) is 2.60. The molecule has 64 valence electrons. The van der Waals surface area contributed by atoms with Crippen molar-refractivity contribution in [1.29, 1.82) is 0 Å². The predicted molar refractivity (Wildman–Crippen MR) is 44.2 cm³/mol. The Bertz CT molecular complexity index is 251. The molecule has 4 unspecified atom stereocenters. The maximum absolute atomic E-state index is 11.1. The highest BCUT2D eigenvalue weighted by molar-refractivity contribution is 5.87. The summed E-state index contributed by atoms with van der Waals surface area (Å²) < 4.78 is 0. The summed E-state index contributed by atoms with van der Waals surface area (Å²) in [5, 5.41) is 9.52. The fraction of sp³-hybridized carbons (Fsp3) is 0.700. The number of hydrogen-bond acceptors (Lipinski definition) is 2. The van der Waals surface area contributed by atoms with Crippen molar-refractivity contribution in [3.05, 3.63) is 0 Å². The SMILES string of the molecule is C#CC1C(O)CCC2C(=O)CC21. The van der Waals surface area contributed by atoms with Crippen LogP contribution in [0.2, 0.25) is 0 Å². The zero-order valence-corrected chi connectivity index (χ0v) is 6.86. The zero-order valence-electron chi connectivity index (χ0n) is 6.86. The van der Waals surface area contributed by atoms with Gasteiger partial charge in [-0.25, -0.2) is 0 Å². The molecule has 0 spiro atoms. The number of terminal acetylenes is 1. The molecule has 2 rings (SSSR count).